The zero-order valence-electron chi connectivity index (χ0n) is 11.4. The summed E-state index contributed by atoms with van der Waals surface area (Å²) in [5.74, 6) is 0.848. The van der Waals surface area contributed by atoms with E-state index in [1.807, 2.05) is 6.07 Å². The largest absolute Gasteiger partial charge is 0.296 e. The molecule has 0 aromatic heterocycles. The zero-order chi connectivity index (χ0) is 14.1. The second kappa shape index (κ2) is 5.82. The molecule has 3 rings (SSSR count). The first-order chi connectivity index (χ1) is 9.66. The highest BCUT2D eigenvalue weighted by Crippen LogP contribution is 2.38. The van der Waals surface area contributed by atoms with Gasteiger partial charge in [0.1, 0.15) is 0 Å². The van der Waals surface area contributed by atoms with Crippen LogP contribution < -0.4 is 0 Å². The van der Waals surface area contributed by atoms with Crippen LogP contribution in [0.2, 0.25) is 0 Å². The van der Waals surface area contributed by atoms with E-state index in [-0.39, 0.29) is 10.6 Å². The molecule has 20 heavy (non-hydrogen) atoms. The van der Waals surface area contributed by atoms with Gasteiger partial charge in [0, 0.05) is 18.7 Å². The van der Waals surface area contributed by atoms with Gasteiger partial charge < -0.3 is 0 Å². The number of halogens is 1. The molecular formula is C15H19BrN2O2. The lowest BCUT2D eigenvalue weighted by Crippen LogP contribution is -2.41. The molecule has 1 saturated carbocycles. The molecule has 4 nitrogen and oxygen atoms in total. The summed E-state index contributed by atoms with van der Waals surface area (Å²) in [5, 5.41) is 11.0. The monoisotopic (exact) mass is 338 g/mol. The van der Waals surface area contributed by atoms with Crippen LogP contribution in [0.25, 0.3) is 0 Å². The molecule has 0 radical (unpaired) electrons. The van der Waals surface area contributed by atoms with Crippen molar-refractivity contribution in [2.75, 3.05) is 6.54 Å². The summed E-state index contributed by atoms with van der Waals surface area (Å²) in [7, 11) is 0. The second-order valence-electron chi connectivity index (χ2n) is 5.88. The van der Waals surface area contributed by atoms with Crippen molar-refractivity contribution >= 4 is 21.6 Å². The first-order valence-electron chi connectivity index (χ1n) is 7.32. The SMILES string of the molecule is O=[N+]([O-])c1cccc(CN2CCCC3CCCC32)c1Br. The molecule has 5 heteroatoms. The Balaban J connectivity index is 1.80. The molecule has 1 aromatic rings. The van der Waals surface area contributed by atoms with Crippen molar-refractivity contribution in [3.63, 3.8) is 0 Å². The molecule has 0 bridgehead atoms. The highest BCUT2D eigenvalue weighted by atomic mass is 79.9. The molecule has 1 heterocycles. The summed E-state index contributed by atoms with van der Waals surface area (Å²) in [6.07, 6.45) is 6.60. The van der Waals surface area contributed by atoms with Gasteiger partial charge in [-0.25, -0.2) is 0 Å². The number of piperidine rings is 1. The maximum Gasteiger partial charge on any atom is 0.283 e. The van der Waals surface area contributed by atoms with Gasteiger partial charge in [-0.1, -0.05) is 18.6 Å². The molecular weight excluding hydrogens is 320 g/mol. The minimum Gasteiger partial charge on any atom is -0.296 e. The van der Waals surface area contributed by atoms with Gasteiger partial charge in [0.15, 0.2) is 0 Å². The Morgan fingerprint density at radius 2 is 2.10 bits per heavy atom. The van der Waals surface area contributed by atoms with Crippen molar-refractivity contribution in [3.05, 3.63) is 38.3 Å². The van der Waals surface area contributed by atoms with Crippen LogP contribution in [-0.2, 0) is 6.54 Å². The molecule has 1 aliphatic carbocycles. The van der Waals surface area contributed by atoms with Gasteiger partial charge in [0.25, 0.3) is 5.69 Å². The van der Waals surface area contributed by atoms with Crippen LogP contribution in [0.5, 0.6) is 0 Å². The average Bonchev–Trinajstić information content (AvgIpc) is 2.90. The molecule has 1 saturated heterocycles. The summed E-state index contributed by atoms with van der Waals surface area (Å²) in [4.78, 5) is 13.2. The highest BCUT2D eigenvalue weighted by molar-refractivity contribution is 9.10. The fourth-order valence-corrected chi connectivity index (χ4v) is 4.34. The number of nitrogens with zero attached hydrogens (tertiary/aromatic N) is 2. The molecule has 0 N–H and O–H groups in total. The smallest absolute Gasteiger partial charge is 0.283 e. The van der Waals surface area contributed by atoms with Crippen LogP contribution >= 0.6 is 15.9 Å². The Kier molecular flexibility index (Phi) is 4.08. The number of likely N-dealkylation sites (tertiary alicyclic amines) is 1. The standard InChI is InChI=1S/C15H19BrN2O2/c16-15-12(5-2-8-14(15)18(19)20)10-17-9-3-6-11-4-1-7-13(11)17/h2,5,8,11,13H,1,3-4,6-7,9-10H2. The molecule has 0 amide bonds. The van der Waals surface area contributed by atoms with Gasteiger partial charge in [-0.3, -0.25) is 15.0 Å². The predicted molar refractivity (Wildman–Crippen MR) is 81.6 cm³/mol. The lowest BCUT2D eigenvalue weighted by atomic mass is 9.91. The Bertz CT molecular complexity index is 521. The molecule has 108 valence electrons. The third-order valence-corrected chi connectivity index (χ3v) is 5.65. The number of benzene rings is 1. The quantitative estimate of drug-likeness (QED) is 0.615. The van der Waals surface area contributed by atoms with Crippen molar-refractivity contribution in [1.29, 1.82) is 0 Å². The summed E-state index contributed by atoms with van der Waals surface area (Å²) < 4.78 is 0.644. The van der Waals surface area contributed by atoms with Crippen LogP contribution in [0.4, 0.5) is 5.69 Å². The Labute approximate surface area is 127 Å². The number of nitro groups is 1. The van der Waals surface area contributed by atoms with Gasteiger partial charge in [-0.15, -0.1) is 0 Å². The van der Waals surface area contributed by atoms with Crippen molar-refractivity contribution in [1.82, 2.24) is 4.90 Å². The minimum absolute atomic E-state index is 0.169. The fraction of sp³-hybridized carbons (Fsp3) is 0.600. The van der Waals surface area contributed by atoms with Crippen LogP contribution in [-0.4, -0.2) is 22.4 Å². The maximum atomic E-state index is 11.0. The van der Waals surface area contributed by atoms with Crippen molar-refractivity contribution in [2.45, 2.75) is 44.7 Å². The van der Waals surface area contributed by atoms with E-state index in [0.29, 0.717) is 10.5 Å². The van der Waals surface area contributed by atoms with E-state index in [1.165, 1.54) is 32.1 Å². The average molecular weight is 339 g/mol. The fourth-order valence-electron chi connectivity index (χ4n) is 3.80. The molecule has 2 aliphatic rings. The number of hydrogen-bond donors (Lipinski definition) is 0. The van der Waals surface area contributed by atoms with E-state index >= 15 is 0 Å². The van der Waals surface area contributed by atoms with Crippen LogP contribution in [0.15, 0.2) is 22.7 Å². The number of hydrogen-bond acceptors (Lipinski definition) is 3. The molecule has 0 spiro atoms. The van der Waals surface area contributed by atoms with Crippen molar-refractivity contribution < 1.29 is 4.92 Å². The van der Waals surface area contributed by atoms with Gasteiger partial charge in [0.2, 0.25) is 0 Å². The molecule has 2 fully saturated rings. The van der Waals surface area contributed by atoms with E-state index in [1.54, 1.807) is 12.1 Å². The lowest BCUT2D eigenvalue weighted by Gasteiger charge is -2.37. The van der Waals surface area contributed by atoms with Crippen molar-refractivity contribution in [2.24, 2.45) is 5.92 Å². The summed E-state index contributed by atoms with van der Waals surface area (Å²) in [6.45, 7) is 1.94. The van der Waals surface area contributed by atoms with E-state index in [9.17, 15) is 10.1 Å². The Morgan fingerprint density at radius 3 is 2.90 bits per heavy atom. The molecule has 1 aromatic carbocycles. The Hall–Kier alpha value is -0.940. The summed E-state index contributed by atoms with van der Waals surface area (Å²) in [5.41, 5.74) is 1.20. The molecule has 2 unspecified atom stereocenters. The van der Waals surface area contributed by atoms with Gasteiger partial charge in [-0.05, 0) is 59.6 Å². The van der Waals surface area contributed by atoms with Crippen molar-refractivity contribution in [3.8, 4) is 0 Å². The minimum atomic E-state index is -0.317. The first kappa shape index (κ1) is 14.0. The van der Waals surface area contributed by atoms with Gasteiger partial charge in [-0.2, -0.15) is 0 Å². The molecule has 2 atom stereocenters. The Morgan fingerprint density at radius 1 is 1.30 bits per heavy atom. The number of fused-ring (bicyclic) bond motifs is 1. The highest BCUT2D eigenvalue weighted by Gasteiger charge is 2.35. The maximum absolute atomic E-state index is 11.0. The number of rotatable bonds is 3. The normalized spacial score (nSPS) is 26.4. The van der Waals surface area contributed by atoms with E-state index in [2.05, 4.69) is 20.8 Å². The third-order valence-electron chi connectivity index (χ3n) is 4.74. The topological polar surface area (TPSA) is 46.4 Å². The third kappa shape index (κ3) is 2.61. The van der Waals surface area contributed by atoms with Gasteiger partial charge >= 0.3 is 0 Å². The zero-order valence-corrected chi connectivity index (χ0v) is 13.0. The lowest BCUT2D eigenvalue weighted by molar-refractivity contribution is -0.385. The van der Waals surface area contributed by atoms with Gasteiger partial charge in [0.05, 0.1) is 9.40 Å². The summed E-state index contributed by atoms with van der Waals surface area (Å²) >= 11 is 3.41. The molecule has 1 aliphatic heterocycles. The van der Waals surface area contributed by atoms with E-state index < -0.39 is 0 Å². The van der Waals surface area contributed by atoms with E-state index in [4.69, 9.17) is 0 Å². The van der Waals surface area contributed by atoms with E-state index in [0.717, 1.165) is 24.6 Å². The van der Waals surface area contributed by atoms with Crippen LogP contribution in [0, 0.1) is 16.0 Å². The summed E-state index contributed by atoms with van der Waals surface area (Å²) in [6, 6.07) is 6.03. The second-order valence-corrected chi connectivity index (χ2v) is 6.67. The predicted octanol–water partition coefficient (Wildman–Crippen LogP) is 4.12. The van der Waals surface area contributed by atoms with Crippen LogP contribution in [0.3, 0.4) is 0 Å². The first-order valence-corrected chi connectivity index (χ1v) is 8.12. The number of nitro benzene ring substituents is 1. The van der Waals surface area contributed by atoms with Crippen LogP contribution in [0.1, 0.15) is 37.7 Å².